The Labute approximate surface area is 134 Å². The van der Waals surface area contributed by atoms with Crippen molar-refractivity contribution in [3.05, 3.63) is 34.7 Å². The number of carbonyl (C=O) groups excluding carboxylic acids is 1. The van der Waals surface area contributed by atoms with Crippen LogP contribution in [0.4, 0.5) is 5.69 Å². The Bertz CT molecular complexity index is 650. The van der Waals surface area contributed by atoms with Crippen molar-refractivity contribution in [3.8, 4) is 11.3 Å². The van der Waals surface area contributed by atoms with Crippen LogP contribution in [0.15, 0.2) is 29.6 Å². The van der Waals surface area contributed by atoms with Gasteiger partial charge < -0.3 is 11.1 Å². The van der Waals surface area contributed by atoms with Gasteiger partial charge in [-0.3, -0.25) is 4.79 Å². The molecule has 1 aliphatic rings. The molecule has 5 heteroatoms. The zero-order valence-corrected chi connectivity index (χ0v) is 13.5. The molecule has 2 atom stereocenters. The summed E-state index contributed by atoms with van der Waals surface area (Å²) in [6.45, 7) is 2.00. The van der Waals surface area contributed by atoms with Gasteiger partial charge >= 0.3 is 0 Å². The number of aromatic nitrogens is 1. The van der Waals surface area contributed by atoms with Crippen LogP contribution in [0.5, 0.6) is 0 Å². The maximum Gasteiger partial charge on any atom is 0.227 e. The highest BCUT2D eigenvalue weighted by Crippen LogP contribution is 2.26. The molecular weight excluding hydrogens is 294 g/mol. The van der Waals surface area contributed by atoms with Gasteiger partial charge in [-0.25, -0.2) is 4.98 Å². The minimum Gasteiger partial charge on any atom is -0.328 e. The second kappa shape index (κ2) is 6.58. The number of anilines is 1. The Morgan fingerprint density at radius 1 is 1.32 bits per heavy atom. The summed E-state index contributed by atoms with van der Waals surface area (Å²) in [5.74, 6) is 0.136. The van der Waals surface area contributed by atoms with Crippen molar-refractivity contribution in [1.29, 1.82) is 0 Å². The van der Waals surface area contributed by atoms with Gasteiger partial charge in [-0.15, -0.1) is 11.3 Å². The number of benzene rings is 1. The highest BCUT2D eigenvalue weighted by molar-refractivity contribution is 7.09. The number of rotatable bonds is 3. The van der Waals surface area contributed by atoms with Crippen molar-refractivity contribution in [2.24, 2.45) is 11.7 Å². The van der Waals surface area contributed by atoms with E-state index in [9.17, 15) is 4.79 Å². The average Bonchev–Trinajstić information content (AvgIpc) is 2.94. The molecule has 0 bridgehead atoms. The van der Waals surface area contributed by atoms with Crippen molar-refractivity contribution in [1.82, 2.24) is 4.98 Å². The van der Waals surface area contributed by atoms with Gasteiger partial charge in [-0.2, -0.15) is 0 Å². The minimum absolute atomic E-state index is 0.0459. The maximum absolute atomic E-state index is 12.3. The number of hydrogen-bond donors (Lipinski definition) is 2. The Kier molecular flexibility index (Phi) is 4.55. The second-order valence-corrected chi connectivity index (χ2v) is 7.00. The van der Waals surface area contributed by atoms with Gasteiger partial charge in [-0.1, -0.05) is 18.6 Å². The molecule has 1 aromatic carbocycles. The molecule has 1 heterocycles. The second-order valence-electron chi connectivity index (χ2n) is 5.94. The number of carbonyl (C=O) groups is 1. The summed E-state index contributed by atoms with van der Waals surface area (Å²) >= 11 is 1.64. The fraction of sp³-hybridized carbons (Fsp3) is 0.412. The molecular formula is C17H21N3OS. The summed E-state index contributed by atoms with van der Waals surface area (Å²) in [5.41, 5.74) is 8.85. The first-order valence-corrected chi connectivity index (χ1v) is 8.59. The van der Waals surface area contributed by atoms with Gasteiger partial charge in [-0.05, 0) is 38.3 Å². The fourth-order valence-electron chi connectivity index (χ4n) is 2.93. The monoisotopic (exact) mass is 315 g/mol. The maximum atomic E-state index is 12.3. The molecule has 0 aliphatic heterocycles. The summed E-state index contributed by atoms with van der Waals surface area (Å²) in [4.78, 5) is 16.8. The molecule has 4 nitrogen and oxygen atoms in total. The van der Waals surface area contributed by atoms with Crippen molar-refractivity contribution < 1.29 is 4.79 Å². The third kappa shape index (κ3) is 3.54. The highest BCUT2D eigenvalue weighted by Gasteiger charge is 2.25. The molecule has 3 rings (SSSR count). The molecule has 0 saturated heterocycles. The van der Waals surface area contributed by atoms with E-state index in [0.717, 1.165) is 47.6 Å². The fourth-order valence-corrected chi connectivity index (χ4v) is 3.55. The Morgan fingerprint density at radius 3 is 2.73 bits per heavy atom. The SMILES string of the molecule is Cc1nc(-c2ccc(NC(=O)C3CCCC(N)C3)cc2)cs1. The molecule has 3 N–H and O–H groups in total. The third-order valence-corrected chi connectivity index (χ3v) is 4.93. The van der Waals surface area contributed by atoms with E-state index in [4.69, 9.17) is 5.73 Å². The molecule has 2 unspecified atom stereocenters. The van der Waals surface area contributed by atoms with Crippen LogP contribution in [0, 0.1) is 12.8 Å². The molecule has 1 saturated carbocycles. The predicted octanol–water partition coefficient (Wildman–Crippen LogP) is 3.57. The van der Waals surface area contributed by atoms with Crippen LogP contribution in [0.25, 0.3) is 11.3 Å². The molecule has 2 aromatic rings. The topological polar surface area (TPSA) is 68.0 Å². The van der Waals surface area contributed by atoms with Crippen LogP contribution in [0.2, 0.25) is 0 Å². The first kappa shape index (κ1) is 15.2. The highest BCUT2D eigenvalue weighted by atomic mass is 32.1. The molecule has 1 aliphatic carbocycles. The van der Waals surface area contributed by atoms with E-state index >= 15 is 0 Å². The zero-order chi connectivity index (χ0) is 15.5. The largest absolute Gasteiger partial charge is 0.328 e. The van der Waals surface area contributed by atoms with Crippen molar-refractivity contribution in [2.75, 3.05) is 5.32 Å². The number of thiazole rings is 1. The summed E-state index contributed by atoms with van der Waals surface area (Å²) in [7, 11) is 0. The quantitative estimate of drug-likeness (QED) is 0.909. The van der Waals surface area contributed by atoms with Crippen LogP contribution in [0.3, 0.4) is 0 Å². The van der Waals surface area contributed by atoms with E-state index in [1.54, 1.807) is 11.3 Å². The lowest BCUT2D eigenvalue weighted by molar-refractivity contribution is -0.120. The summed E-state index contributed by atoms with van der Waals surface area (Å²) in [6.07, 6.45) is 3.81. The van der Waals surface area contributed by atoms with Gasteiger partial charge in [0.05, 0.1) is 10.7 Å². The normalized spacial score (nSPS) is 21.5. The summed E-state index contributed by atoms with van der Waals surface area (Å²) < 4.78 is 0. The van der Waals surface area contributed by atoms with Gasteiger partial charge in [0.1, 0.15) is 0 Å². The number of hydrogen-bond acceptors (Lipinski definition) is 4. The number of nitrogens with zero attached hydrogens (tertiary/aromatic N) is 1. The van der Waals surface area contributed by atoms with Gasteiger partial charge in [0.25, 0.3) is 0 Å². The van der Waals surface area contributed by atoms with Crippen molar-refractivity contribution in [3.63, 3.8) is 0 Å². The van der Waals surface area contributed by atoms with E-state index in [2.05, 4.69) is 10.3 Å². The summed E-state index contributed by atoms with van der Waals surface area (Å²) in [5, 5.41) is 6.11. The Hall–Kier alpha value is -1.72. The average molecular weight is 315 g/mol. The molecule has 1 aromatic heterocycles. The van der Waals surface area contributed by atoms with E-state index < -0.39 is 0 Å². The molecule has 1 amide bonds. The smallest absolute Gasteiger partial charge is 0.227 e. The van der Waals surface area contributed by atoms with E-state index in [1.807, 2.05) is 36.6 Å². The minimum atomic E-state index is 0.0459. The number of nitrogens with two attached hydrogens (primary N) is 1. The van der Waals surface area contributed by atoms with Crippen LogP contribution in [0.1, 0.15) is 30.7 Å². The van der Waals surface area contributed by atoms with Gasteiger partial charge in [0.15, 0.2) is 0 Å². The first-order chi connectivity index (χ1) is 10.6. The van der Waals surface area contributed by atoms with E-state index in [1.165, 1.54) is 0 Å². The molecule has 22 heavy (non-hydrogen) atoms. The molecule has 1 fully saturated rings. The van der Waals surface area contributed by atoms with Crippen LogP contribution in [-0.4, -0.2) is 16.9 Å². The van der Waals surface area contributed by atoms with Crippen molar-refractivity contribution in [2.45, 2.75) is 38.6 Å². The summed E-state index contributed by atoms with van der Waals surface area (Å²) in [6, 6.07) is 8.03. The van der Waals surface area contributed by atoms with Gasteiger partial charge in [0.2, 0.25) is 5.91 Å². The predicted molar refractivity (Wildman–Crippen MR) is 90.9 cm³/mol. The van der Waals surface area contributed by atoms with Crippen LogP contribution >= 0.6 is 11.3 Å². The number of amides is 1. The number of nitrogens with one attached hydrogen (secondary N) is 1. The third-order valence-electron chi connectivity index (χ3n) is 4.15. The Morgan fingerprint density at radius 2 is 2.09 bits per heavy atom. The molecule has 0 spiro atoms. The van der Waals surface area contributed by atoms with E-state index in [-0.39, 0.29) is 17.9 Å². The molecule has 0 radical (unpaired) electrons. The lowest BCUT2D eigenvalue weighted by atomic mass is 9.85. The Balaban J connectivity index is 1.64. The lowest BCUT2D eigenvalue weighted by Gasteiger charge is -2.25. The van der Waals surface area contributed by atoms with Gasteiger partial charge in [0, 0.05) is 28.6 Å². The van der Waals surface area contributed by atoms with E-state index in [0.29, 0.717) is 0 Å². The van der Waals surface area contributed by atoms with Crippen LogP contribution in [-0.2, 0) is 4.79 Å². The van der Waals surface area contributed by atoms with Crippen LogP contribution < -0.4 is 11.1 Å². The first-order valence-electron chi connectivity index (χ1n) is 7.71. The lowest BCUT2D eigenvalue weighted by Crippen LogP contribution is -2.34. The molecule has 116 valence electrons. The van der Waals surface area contributed by atoms with Crippen molar-refractivity contribution >= 4 is 22.9 Å². The standard InChI is InChI=1S/C17H21N3OS/c1-11-19-16(10-22-11)12-5-7-15(8-6-12)20-17(21)13-3-2-4-14(18)9-13/h5-8,10,13-14H,2-4,9,18H2,1H3,(H,20,21). The zero-order valence-electron chi connectivity index (χ0n) is 12.7. The number of aryl methyl sites for hydroxylation is 1.